The number of benzene rings is 6. The van der Waals surface area contributed by atoms with Gasteiger partial charge in [0.05, 0.1) is 0 Å². The van der Waals surface area contributed by atoms with Crippen molar-refractivity contribution < 1.29 is 25.8 Å². The van der Waals surface area contributed by atoms with Crippen molar-refractivity contribution in [1.29, 1.82) is 0 Å². The minimum Gasteiger partial charge on any atom is -0.509 e. The molecule has 5 nitrogen and oxygen atoms in total. The number of hydrogen-bond donors (Lipinski definition) is 0. The minimum absolute atomic E-state index is 0. The van der Waals surface area contributed by atoms with Gasteiger partial charge in [-0.15, -0.1) is 48.3 Å². The number of anilines is 2. The van der Waals surface area contributed by atoms with Crippen molar-refractivity contribution in [2.45, 2.75) is 112 Å². The summed E-state index contributed by atoms with van der Waals surface area (Å²) in [6, 6.07) is 57.6. The molecule has 0 bridgehead atoms. The van der Waals surface area contributed by atoms with Crippen molar-refractivity contribution >= 4 is 33.2 Å². The summed E-state index contributed by atoms with van der Waals surface area (Å²) in [4.78, 5) is 9.50. The quantitative estimate of drug-likeness (QED) is 0.135. The molecule has 8 aromatic rings. The van der Waals surface area contributed by atoms with Crippen LogP contribution < -0.4 is 14.5 Å². The van der Waals surface area contributed by atoms with Crippen LogP contribution in [0.1, 0.15) is 123 Å². The summed E-state index contributed by atoms with van der Waals surface area (Å²) >= 11 is 0. The van der Waals surface area contributed by atoms with E-state index in [1.165, 1.54) is 38.8 Å². The fourth-order valence-corrected chi connectivity index (χ4v) is 9.46. The Kier molecular flexibility index (Phi) is 12.8. The molecule has 6 aromatic carbocycles. The number of aromatic nitrogens is 2. The maximum absolute atomic E-state index is 6.89. The van der Waals surface area contributed by atoms with Gasteiger partial charge in [0.15, 0.2) is 0 Å². The van der Waals surface area contributed by atoms with Crippen LogP contribution >= 0.6 is 0 Å². The fraction of sp³-hybridized carbons (Fsp3) is 0.290. The first-order chi connectivity index (χ1) is 31.6. The number of nitrogens with zero attached hydrogens (tertiary/aromatic N) is 4. The number of para-hydroxylation sites is 1. The molecule has 0 fully saturated rings. The molecule has 1 aliphatic rings. The summed E-state index contributed by atoms with van der Waals surface area (Å²) in [6.45, 7) is 31.9. The van der Waals surface area contributed by atoms with Crippen LogP contribution in [-0.2, 0) is 42.7 Å². The Hall–Kier alpha value is -5.90. The second-order valence-electron chi connectivity index (χ2n) is 22.4. The van der Waals surface area contributed by atoms with Gasteiger partial charge >= 0.3 is 0 Å². The van der Waals surface area contributed by atoms with Gasteiger partial charge in [0, 0.05) is 71.9 Å². The molecule has 6 heteroatoms. The molecule has 0 saturated heterocycles. The number of rotatable bonds is 9. The Morgan fingerprint density at radius 2 is 1.13 bits per heavy atom. The predicted molar refractivity (Wildman–Crippen MR) is 281 cm³/mol. The zero-order valence-electron chi connectivity index (χ0n) is 42.0. The third-order valence-electron chi connectivity index (χ3n) is 13.7. The van der Waals surface area contributed by atoms with Gasteiger partial charge in [0.1, 0.15) is 5.82 Å². The van der Waals surface area contributed by atoms with Crippen molar-refractivity contribution in [3.05, 3.63) is 210 Å². The maximum Gasteiger partial charge on any atom is 0.135 e. The number of ether oxygens (including phenoxy) is 1. The zero-order valence-corrected chi connectivity index (χ0v) is 44.3. The van der Waals surface area contributed by atoms with Gasteiger partial charge < -0.3 is 19.1 Å². The summed E-state index contributed by atoms with van der Waals surface area (Å²) in [6.07, 6.45) is 4.21. The smallest absolute Gasteiger partial charge is 0.135 e. The van der Waals surface area contributed by atoms with Crippen LogP contribution in [0.5, 0.6) is 11.5 Å². The number of pyridine rings is 1. The molecular weight excluding hydrogens is 1010 g/mol. The molecule has 0 saturated carbocycles. The molecule has 0 atom stereocenters. The predicted octanol–water partition coefficient (Wildman–Crippen LogP) is 16.1. The average molecular weight is 1080 g/mol. The third kappa shape index (κ3) is 9.19. The van der Waals surface area contributed by atoms with E-state index < -0.39 is 0 Å². The van der Waals surface area contributed by atoms with Crippen LogP contribution in [0.2, 0.25) is 0 Å². The largest absolute Gasteiger partial charge is 0.509 e. The van der Waals surface area contributed by atoms with E-state index in [0.29, 0.717) is 11.5 Å². The Morgan fingerprint density at radius 3 is 1.72 bits per heavy atom. The van der Waals surface area contributed by atoms with Crippen LogP contribution in [0.3, 0.4) is 0 Å². The Labute approximate surface area is 420 Å². The normalized spacial score (nSPS) is 13.8. The summed E-state index contributed by atoms with van der Waals surface area (Å²) < 4.78 is 9.14. The zero-order chi connectivity index (χ0) is 47.7. The molecule has 3 heterocycles. The SMILES string of the molecule is CC(C)(C)C1=CN(c2cc(C(C)(C)c3ccccc3)cc(C(C)(C)c3ccccc3)c2)[CH-]N1c1[c-]c(Oc2[c-]c3c(c(C(C)(C)C)c2)c2ccccc2n3-c2cc(C(C)(C)C)ccn2)ccc1.[Pt]. The van der Waals surface area contributed by atoms with E-state index in [1.807, 2.05) is 12.3 Å². The molecule has 0 spiro atoms. The molecule has 68 heavy (non-hydrogen) atoms. The monoisotopic (exact) mass is 1080 g/mol. The van der Waals surface area contributed by atoms with Crippen LogP contribution in [0.15, 0.2) is 158 Å². The van der Waals surface area contributed by atoms with Gasteiger partial charge in [0.25, 0.3) is 0 Å². The van der Waals surface area contributed by atoms with Gasteiger partial charge in [-0.3, -0.25) is 0 Å². The van der Waals surface area contributed by atoms with Crippen molar-refractivity contribution in [3.8, 4) is 17.3 Å². The molecule has 0 aliphatic carbocycles. The molecule has 0 radical (unpaired) electrons. The van der Waals surface area contributed by atoms with Crippen molar-refractivity contribution in [3.63, 3.8) is 0 Å². The van der Waals surface area contributed by atoms with Crippen molar-refractivity contribution in [1.82, 2.24) is 9.55 Å². The van der Waals surface area contributed by atoms with E-state index in [0.717, 1.165) is 39.3 Å². The van der Waals surface area contributed by atoms with Gasteiger partial charge in [-0.1, -0.05) is 186 Å². The first kappa shape index (κ1) is 48.6. The van der Waals surface area contributed by atoms with Crippen molar-refractivity contribution in [2.24, 2.45) is 5.41 Å². The van der Waals surface area contributed by atoms with Gasteiger partial charge in [-0.2, -0.15) is 6.07 Å². The van der Waals surface area contributed by atoms with E-state index >= 15 is 0 Å². The topological polar surface area (TPSA) is 33.5 Å². The Balaban J connectivity index is 0.00000625. The summed E-state index contributed by atoms with van der Waals surface area (Å²) in [7, 11) is 0. The second-order valence-corrected chi connectivity index (χ2v) is 22.4. The van der Waals surface area contributed by atoms with E-state index in [4.69, 9.17) is 9.72 Å². The van der Waals surface area contributed by atoms with Crippen LogP contribution in [0.4, 0.5) is 11.4 Å². The Morgan fingerprint density at radius 1 is 0.529 bits per heavy atom. The second kappa shape index (κ2) is 17.9. The standard InChI is InChI=1S/C62H65N4O.Pt/c1-58(2,3)44-31-32-63-56(36-44)66-53-30-21-20-29-51(53)57-52(59(4,5)6)38-50(39-54(57)66)67-49-28-22-27-47(37-49)65-41-64(40-55(65)60(7,8)9)48-34-45(61(10,11)42-23-16-14-17-24-42)33-46(35-48)62(12,13)43-25-18-15-19-26-43;/h14-36,38,40-41H,1-13H3;/q-3;. The van der Waals surface area contributed by atoms with Crippen LogP contribution in [-0.4, -0.2) is 9.55 Å². The first-order valence-corrected chi connectivity index (χ1v) is 23.7. The molecular formula is C62H65N4OPt-3. The van der Waals surface area contributed by atoms with Crippen LogP contribution in [0, 0.1) is 24.2 Å². The Bertz CT molecular complexity index is 3070. The molecule has 2 aromatic heterocycles. The molecule has 1 aliphatic heterocycles. The summed E-state index contributed by atoms with van der Waals surface area (Å²) in [5, 5.41) is 2.33. The third-order valence-corrected chi connectivity index (χ3v) is 13.7. The van der Waals surface area contributed by atoms with Gasteiger partial charge in [-0.25, -0.2) is 4.98 Å². The number of hydrogen-bond acceptors (Lipinski definition) is 4. The molecule has 9 rings (SSSR count). The molecule has 352 valence electrons. The van der Waals surface area contributed by atoms with E-state index in [1.54, 1.807) is 0 Å². The fourth-order valence-electron chi connectivity index (χ4n) is 9.46. The minimum atomic E-state index is -0.248. The number of fused-ring (bicyclic) bond motifs is 3. The summed E-state index contributed by atoms with van der Waals surface area (Å²) in [5.41, 5.74) is 11.7. The molecule has 0 N–H and O–H groups in total. The first-order valence-electron chi connectivity index (χ1n) is 23.7. The van der Waals surface area contributed by atoms with Crippen LogP contribution in [0.25, 0.3) is 27.6 Å². The maximum atomic E-state index is 6.89. The van der Waals surface area contributed by atoms with Gasteiger partial charge in [-0.05, 0) is 80.6 Å². The number of allylic oxidation sites excluding steroid dienone is 1. The van der Waals surface area contributed by atoms with E-state index in [9.17, 15) is 0 Å². The average Bonchev–Trinajstić information content (AvgIpc) is 3.90. The summed E-state index contributed by atoms with van der Waals surface area (Å²) in [5.74, 6) is 2.11. The van der Waals surface area contributed by atoms with E-state index in [2.05, 4.69) is 263 Å². The molecule has 0 amide bonds. The van der Waals surface area contributed by atoms with Gasteiger partial charge in [0.2, 0.25) is 0 Å². The molecule has 0 unspecified atom stereocenters. The van der Waals surface area contributed by atoms with Crippen molar-refractivity contribution in [2.75, 3.05) is 9.80 Å². The van der Waals surface area contributed by atoms with E-state index in [-0.39, 0.29) is 48.1 Å².